The molecule has 0 bridgehead atoms. The minimum atomic E-state index is -0.271. The van der Waals surface area contributed by atoms with E-state index in [-0.39, 0.29) is 24.2 Å². The van der Waals surface area contributed by atoms with E-state index >= 15 is 0 Å². The smallest absolute Gasteiger partial charge is 0.228 e. The van der Waals surface area contributed by atoms with E-state index in [2.05, 4.69) is 4.90 Å². The van der Waals surface area contributed by atoms with Gasteiger partial charge in [-0.1, -0.05) is 12.1 Å². The lowest BCUT2D eigenvalue weighted by molar-refractivity contribution is -0.137. The molecule has 0 spiro atoms. The number of amides is 2. The number of ether oxygens (including phenoxy) is 2. The Morgan fingerprint density at radius 1 is 1.03 bits per heavy atom. The Bertz CT molecular complexity index is 1010. The monoisotopic (exact) mass is 469 g/mol. The molecule has 0 aliphatic carbocycles. The number of thioether (sulfide) groups is 1. The summed E-state index contributed by atoms with van der Waals surface area (Å²) in [6.07, 6.45) is 2.30. The molecule has 2 aromatic rings. The van der Waals surface area contributed by atoms with Crippen LogP contribution in [0.1, 0.15) is 12.0 Å². The summed E-state index contributed by atoms with van der Waals surface area (Å²) in [5.74, 6) is 1.29. The van der Waals surface area contributed by atoms with Crippen LogP contribution in [-0.2, 0) is 16.1 Å². The number of rotatable bonds is 7. The third-order valence-corrected chi connectivity index (χ3v) is 7.10. The number of nitrogens with zero attached hydrogens (tertiary/aromatic N) is 3. The largest absolute Gasteiger partial charge is 0.493 e. The Balaban J connectivity index is 1.32. The number of hydrogen-bond acceptors (Lipinski definition) is 6. The maximum absolute atomic E-state index is 13.2. The molecule has 176 valence electrons. The average Bonchev–Trinajstić information content (AvgIpc) is 3.25. The van der Waals surface area contributed by atoms with Gasteiger partial charge in [-0.05, 0) is 42.2 Å². The molecule has 0 aromatic heterocycles. The Labute approximate surface area is 199 Å². The molecular formula is C25H31N3O4S. The molecule has 2 aliphatic heterocycles. The van der Waals surface area contributed by atoms with Crippen molar-refractivity contribution in [2.24, 2.45) is 5.92 Å². The number of anilines is 1. The first-order valence-corrected chi connectivity index (χ1v) is 12.4. The molecule has 1 atom stereocenters. The van der Waals surface area contributed by atoms with Crippen molar-refractivity contribution in [3.05, 3.63) is 48.0 Å². The zero-order chi connectivity index (χ0) is 23.4. The van der Waals surface area contributed by atoms with Crippen LogP contribution in [-0.4, -0.2) is 74.8 Å². The highest BCUT2D eigenvalue weighted by Gasteiger charge is 2.38. The summed E-state index contributed by atoms with van der Waals surface area (Å²) in [6.45, 7) is 4.23. The first-order valence-electron chi connectivity index (χ1n) is 11.2. The molecule has 0 saturated carbocycles. The second kappa shape index (κ2) is 10.5. The molecule has 8 heteroatoms. The van der Waals surface area contributed by atoms with Crippen LogP contribution in [0.15, 0.2) is 47.4 Å². The third kappa shape index (κ3) is 5.28. The molecule has 0 radical (unpaired) electrons. The number of hydrogen-bond donors (Lipinski definition) is 0. The van der Waals surface area contributed by atoms with Crippen LogP contribution in [0, 0.1) is 5.92 Å². The third-order valence-electron chi connectivity index (χ3n) is 6.38. The van der Waals surface area contributed by atoms with Crippen LogP contribution >= 0.6 is 11.8 Å². The van der Waals surface area contributed by atoms with E-state index in [9.17, 15) is 9.59 Å². The van der Waals surface area contributed by atoms with Crippen LogP contribution in [0.3, 0.4) is 0 Å². The highest BCUT2D eigenvalue weighted by Crippen LogP contribution is 2.30. The Hall–Kier alpha value is -2.71. The number of carbonyl (C=O) groups is 2. The van der Waals surface area contributed by atoms with Crippen molar-refractivity contribution in [2.75, 3.05) is 58.1 Å². The summed E-state index contributed by atoms with van der Waals surface area (Å²) in [6, 6.07) is 13.9. The topological polar surface area (TPSA) is 62.3 Å². The van der Waals surface area contributed by atoms with Gasteiger partial charge < -0.3 is 19.3 Å². The van der Waals surface area contributed by atoms with Crippen molar-refractivity contribution in [1.82, 2.24) is 9.80 Å². The second-order valence-corrected chi connectivity index (χ2v) is 9.28. The fraction of sp³-hybridized carbons (Fsp3) is 0.440. The molecule has 2 amide bonds. The predicted molar refractivity (Wildman–Crippen MR) is 130 cm³/mol. The Morgan fingerprint density at radius 2 is 1.79 bits per heavy atom. The second-order valence-electron chi connectivity index (χ2n) is 8.40. The summed E-state index contributed by atoms with van der Waals surface area (Å²) in [7, 11) is 3.27. The van der Waals surface area contributed by atoms with E-state index in [4.69, 9.17) is 9.47 Å². The van der Waals surface area contributed by atoms with Crippen molar-refractivity contribution in [2.45, 2.75) is 17.9 Å². The molecule has 2 heterocycles. The Kier molecular flexibility index (Phi) is 7.45. The van der Waals surface area contributed by atoms with Gasteiger partial charge in [0.1, 0.15) is 0 Å². The maximum Gasteiger partial charge on any atom is 0.228 e. The van der Waals surface area contributed by atoms with Crippen molar-refractivity contribution in [3.63, 3.8) is 0 Å². The zero-order valence-electron chi connectivity index (χ0n) is 19.5. The molecule has 7 nitrogen and oxygen atoms in total. The van der Waals surface area contributed by atoms with Crippen LogP contribution in [0.5, 0.6) is 11.5 Å². The molecule has 2 aliphatic rings. The fourth-order valence-electron chi connectivity index (χ4n) is 4.52. The number of piperazine rings is 1. The van der Waals surface area contributed by atoms with Gasteiger partial charge in [0.25, 0.3) is 0 Å². The van der Waals surface area contributed by atoms with E-state index in [1.54, 1.807) is 30.9 Å². The van der Waals surface area contributed by atoms with Gasteiger partial charge in [-0.2, -0.15) is 0 Å². The molecule has 0 unspecified atom stereocenters. The quantitative estimate of drug-likeness (QED) is 0.581. The summed E-state index contributed by atoms with van der Waals surface area (Å²) in [5, 5.41) is 0. The molecule has 4 rings (SSSR count). The molecule has 33 heavy (non-hydrogen) atoms. The molecule has 2 aromatic carbocycles. The highest BCUT2D eigenvalue weighted by molar-refractivity contribution is 7.98. The molecular weight excluding hydrogens is 438 g/mol. The SMILES string of the molecule is COc1ccc(CN2CCN(C(=O)[C@H]3CC(=O)N(c4cccc(SC)c4)C3)CC2)cc1OC. The predicted octanol–water partition coefficient (Wildman–Crippen LogP) is 3.12. The molecule has 2 saturated heterocycles. The highest BCUT2D eigenvalue weighted by atomic mass is 32.2. The number of methoxy groups -OCH3 is 2. The van der Waals surface area contributed by atoms with Crippen LogP contribution < -0.4 is 14.4 Å². The molecule has 2 fully saturated rings. The van der Waals surface area contributed by atoms with E-state index in [0.29, 0.717) is 19.6 Å². The summed E-state index contributed by atoms with van der Waals surface area (Å²) < 4.78 is 10.7. The summed E-state index contributed by atoms with van der Waals surface area (Å²) in [4.78, 5) is 32.9. The van der Waals surface area contributed by atoms with Gasteiger partial charge in [-0.3, -0.25) is 14.5 Å². The van der Waals surface area contributed by atoms with Gasteiger partial charge in [0.15, 0.2) is 11.5 Å². The first-order chi connectivity index (χ1) is 16.0. The van der Waals surface area contributed by atoms with E-state index in [0.717, 1.165) is 47.3 Å². The van der Waals surface area contributed by atoms with Gasteiger partial charge in [0.05, 0.1) is 20.1 Å². The van der Waals surface area contributed by atoms with Crippen molar-refractivity contribution in [3.8, 4) is 11.5 Å². The minimum absolute atomic E-state index is 0.0266. The standard InChI is InChI=1S/C25H31N3O4S/c1-31-22-8-7-18(13-23(22)32-2)16-26-9-11-27(12-10-26)25(30)19-14-24(29)28(17-19)20-5-4-6-21(15-20)33-3/h4-8,13,15,19H,9-12,14,16-17H2,1-3H3/t19-/m0/s1. The summed E-state index contributed by atoms with van der Waals surface area (Å²) in [5.41, 5.74) is 2.03. The van der Waals surface area contributed by atoms with Crippen molar-refractivity contribution >= 4 is 29.3 Å². The van der Waals surface area contributed by atoms with Gasteiger partial charge in [0, 0.05) is 56.3 Å². The van der Waals surface area contributed by atoms with E-state index in [1.165, 1.54) is 0 Å². The lowest BCUT2D eigenvalue weighted by Gasteiger charge is -2.36. The Morgan fingerprint density at radius 3 is 2.48 bits per heavy atom. The number of benzene rings is 2. The average molecular weight is 470 g/mol. The lowest BCUT2D eigenvalue weighted by atomic mass is 10.1. The van der Waals surface area contributed by atoms with Crippen LogP contribution in [0.25, 0.3) is 0 Å². The van der Waals surface area contributed by atoms with E-state index in [1.807, 2.05) is 53.6 Å². The van der Waals surface area contributed by atoms with Gasteiger partial charge in [0.2, 0.25) is 11.8 Å². The normalized spacial score (nSPS) is 19.1. The summed E-state index contributed by atoms with van der Waals surface area (Å²) >= 11 is 1.65. The fourth-order valence-corrected chi connectivity index (χ4v) is 4.98. The number of carbonyl (C=O) groups excluding carboxylic acids is 2. The van der Waals surface area contributed by atoms with Gasteiger partial charge >= 0.3 is 0 Å². The van der Waals surface area contributed by atoms with Crippen molar-refractivity contribution < 1.29 is 19.1 Å². The minimum Gasteiger partial charge on any atom is -0.493 e. The lowest BCUT2D eigenvalue weighted by Crippen LogP contribution is -2.50. The van der Waals surface area contributed by atoms with Gasteiger partial charge in [-0.25, -0.2) is 0 Å². The maximum atomic E-state index is 13.2. The van der Waals surface area contributed by atoms with Crippen LogP contribution in [0.4, 0.5) is 5.69 Å². The van der Waals surface area contributed by atoms with Crippen molar-refractivity contribution in [1.29, 1.82) is 0 Å². The van der Waals surface area contributed by atoms with Gasteiger partial charge in [-0.15, -0.1) is 11.8 Å². The van der Waals surface area contributed by atoms with Crippen LogP contribution in [0.2, 0.25) is 0 Å². The van der Waals surface area contributed by atoms with E-state index < -0.39 is 0 Å². The molecule has 0 N–H and O–H groups in total. The zero-order valence-corrected chi connectivity index (χ0v) is 20.3. The first kappa shape index (κ1) is 23.4.